The van der Waals surface area contributed by atoms with Crippen molar-refractivity contribution in [3.63, 3.8) is 0 Å². The van der Waals surface area contributed by atoms with Crippen molar-refractivity contribution in [2.24, 2.45) is 0 Å². The largest absolute Gasteiger partial charge is 0.282 e. The van der Waals surface area contributed by atoms with Gasteiger partial charge in [0.2, 0.25) is 0 Å². The summed E-state index contributed by atoms with van der Waals surface area (Å²) in [5.74, 6) is 0. The summed E-state index contributed by atoms with van der Waals surface area (Å²) in [6.45, 7) is 1.91. The molecule has 4 nitrogen and oxygen atoms in total. The van der Waals surface area contributed by atoms with Crippen LogP contribution in [-0.4, -0.2) is 17.6 Å². The highest BCUT2D eigenvalue weighted by atomic mass is 35.5. The maximum atomic E-state index is 12.5. The van der Waals surface area contributed by atoms with E-state index in [2.05, 4.69) is 5.10 Å². The summed E-state index contributed by atoms with van der Waals surface area (Å²) in [7, 11) is -3.67. The predicted molar refractivity (Wildman–Crippen MR) is 86.4 cm³/mol. The zero-order valence-electron chi connectivity index (χ0n) is 11.8. The molecule has 6 heteroatoms. The lowest BCUT2D eigenvalue weighted by molar-refractivity contribution is 0.580. The first-order valence-electron chi connectivity index (χ1n) is 6.60. The SMILES string of the molecule is Cc1ccc(S(=O)(=O)n2cc(-c3ccc(Cl)cc3)cn2)cc1. The number of halogens is 1. The van der Waals surface area contributed by atoms with Crippen LogP contribution < -0.4 is 0 Å². The highest BCUT2D eigenvalue weighted by molar-refractivity contribution is 7.89. The van der Waals surface area contributed by atoms with E-state index in [1.54, 1.807) is 36.4 Å². The van der Waals surface area contributed by atoms with Crippen molar-refractivity contribution in [1.82, 2.24) is 9.19 Å². The molecule has 1 aromatic heterocycles. The third-order valence-corrected chi connectivity index (χ3v) is 5.11. The van der Waals surface area contributed by atoms with Gasteiger partial charge in [-0.05, 0) is 36.8 Å². The zero-order chi connectivity index (χ0) is 15.7. The van der Waals surface area contributed by atoms with Gasteiger partial charge in [0.1, 0.15) is 0 Å². The Bertz CT molecular complexity index is 898. The van der Waals surface area contributed by atoms with Crippen LogP contribution >= 0.6 is 11.6 Å². The van der Waals surface area contributed by atoms with Crippen molar-refractivity contribution >= 4 is 21.6 Å². The lowest BCUT2D eigenvalue weighted by Crippen LogP contribution is -2.13. The Morgan fingerprint density at radius 2 is 1.59 bits per heavy atom. The molecule has 0 spiro atoms. The minimum atomic E-state index is -3.67. The van der Waals surface area contributed by atoms with E-state index in [1.807, 2.05) is 19.1 Å². The van der Waals surface area contributed by atoms with Gasteiger partial charge in [0.15, 0.2) is 0 Å². The number of nitrogens with zero attached hydrogens (tertiary/aromatic N) is 2. The van der Waals surface area contributed by atoms with Gasteiger partial charge in [-0.15, -0.1) is 0 Å². The van der Waals surface area contributed by atoms with E-state index in [-0.39, 0.29) is 4.90 Å². The Morgan fingerprint density at radius 3 is 2.23 bits per heavy atom. The second kappa shape index (κ2) is 5.59. The Balaban J connectivity index is 1.99. The van der Waals surface area contributed by atoms with Gasteiger partial charge in [-0.1, -0.05) is 41.4 Å². The molecule has 112 valence electrons. The molecular weight excluding hydrogens is 320 g/mol. The second-order valence-electron chi connectivity index (χ2n) is 4.93. The van der Waals surface area contributed by atoms with Crippen molar-refractivity contribution < 1.29 is 8.42 Å². The van der Waals surface area contributed by atoms with Gasteiger partial charge in [0.25, 0.3) is 10.0 Å². The van der Waals surface area contributed by atoms with E-state index < -0.39 is 10.0 Å². The molecule has 0 aliphatic carbocycles. The quantitative estimate of drug-likeness (QED) is 0.734. The van der Waals surface area contributed by atoms with Crippen LogP contribution in [0.4, 0.5) is 0 Å². The topological polar surface area (TPSA) is 52.0 Å². The molecule has 0 aliphatic heterocycles. The molecule has 1 heterocycles. The summed E-state index contributed by atoms with van der Waals surface area (Å²) in [4.78, 5) is 0.212. The lowest BCUT2D eigenvalue weighted by atomic mass is 10.1. The van der Waals surface area contributed by atoms with Gasteiger partial charge in [-0.2, -0.15) is 17.6 Å². The summed E-state index contributed by atoms with van der Waals surface area (Å²) in [5, 5.41) is 4.61. The monoisotopic (exact) mass is 332 g/mol. The first kappa shape index (κ1) is 14.8. The van der Waals surface area contributed by atoms with Crippen LogP contribution in [0.25, 0.3) is 11.1 Å². The van der Waals surface area contributed by atoms with Crippen molar-refractivity contribution in [3.05, 3.63) is 71.5 Å². The Morgan fingerprint density at radius 1 is 0.955 bits per heavy atom. The molecule has 0 bridgehead atoms. The van der Waals surface area contributed by atoms with Gasteiger partial charge in [-0.25, -0.2) is 0 Å². The van der Waals surface area contributed by atoms with E-state index in [9.17, 15) is 8.42 Å². The predicted octanol–water partition coefficient (Wildman–Crippen LogP) is 3.75. The summed E-state index contributed by atoms with van der Waals surface area (Å²) in [5.41, 5.74) is 2.57. The molecule has 22 heavy (non-hydrogen) atoms. The van der Waals surface area contributed by atoms with Crippen molar-refractivity contribution in [2.75, 3.05) is 0 Å². The van der Waals surface area contributed by atoms with Gasteiger partial charge >= 0.3 is 0 Å². The molecular formula is C16H13ClN2O2S. The fraction of sp³-hybridized carbons (Fsp3) is 0.0625. The van der Waals surface area contributed by atoms with Crippen LogP contribution in [0, 0.1) is 6.92 Å². The third-order valence-electron chi connectivity index (χ3n) is 3.30. The molecule has 0 saturated heterocycles. The Labute approximate surface area is 134 Å². The number of aryl methyl sites for hydroxylation is 1. The van der Waals surface area contributed by atoms with Crippen molar-refractivity contribution in [1.29, 1.82) is 0 Å². The minimum Gasteiger partial charge on any atom is -0.199 e. The van der Waals surface area contributed by atoms with E-state index in [0.29, 0.717) is 10.6 Å². The average Bonchev–Trinajstić information content (AvgIpc) is 2.99. The van der Waals surface area contributed by atoms with Gasteiger partial charge in [0, 0.05) is 10.6 Å². The number of hydrogen-bond donors (Lipinski definition) is 0. The average molecular weight is 333 g/mol. The van der Waals surface area contributed by atoms with Crippen LogP contribution in [-0.2, 0) is 10.0 Å². The van der Waals surface area contributed by atoms with Crippen LogP contribution in [0.3, 0.4) is 0 Å². The van der Waals surface area contributed by atoms with E-state index >= 15 is 0 Å². The molecule has 0 amide bonds. The van der Waals surface area contributed by atoms with Gasteiger partial charge < -0.3 is 0 Å². The standard InChI is InChI=1S/C16H13ClN2O2S/c1-12-2-8-16(9-3-12)22(20,21)19-11-14(10-18-19)13-4-6-15(17)7-5-13/h2-11H,1H3. The molecule has 0 fully saturated rings. The highest BCUT2D eigenvalue weighted by Gasteiger charge is 2.18. The molecule has 0 unspecified atom stereocenters. The number of aromatic nitrogens is 2. The zero-order valence-corrected chi connectivity index (χ0v) is 13.3. The Kier molecular flexibility index (Phi) is 3.76. The molecule has 0 radical (unpaired) electrons. The summed E-state index contributed by atoms with van der Waals surface area (Å²) in [6, 6.07) is 13.8. The molecule has 0 aliphatic rings. The van der Waals surface area contributed by atoms with Crippen molar-refractivity contribution in [3.8, 4) is 11.1 Å². The van der Waals surface area contributed by atoms with Crippen LogP contribution in [0.2, 0.25) is 5.02 Å². The fourth-order valence-electron chi connectivity index (χ4n) is 2.05. The highest BCUT2D eigenvalue weighted by Crippen LogP contribution is 2.22. The maximum absolute atomic E-state index is 12.5. The van der Waals surface area contributed by atoms with Gasteiger partial charge in [0.05, 0.1) is 17.3 Å². The maximum Gasteiger partial charge on any atom is 0.282 e. The third kappa shape index (κ3) is 2.77. The van der Waals surface area contributed by atoms with Crippen molar-refractivity contribution in [2.45, 2.75) is 11.8 Å². The summed E-state index contributed by atoms with van der Waals surface area (Å²) >= 11 is 5.85. The second-order valence-corrected chi connectivity index (χ2v) is 7.16. The van der Waals surface area contributed by atoms with Crippen LogP contribution in [0.15, 0.2) is 65.8 Å². The molecule has 0 N–H and O–H groups in total. The van der Waals surface area contributed by atoms with Gasteiger partial charge in [-0.3, -0.25) is 0 Å². The smallest absolute Gasteiger partial charge is 0.199 e. The molecule has 3 rings (SSSR count). The summed E-state index contributed by atoms with van der Waals surface area (Å²) in [6.07, 6.45) is 3.02. The molecule has 3 aromatic rings. The Hall–Kier alpha value is -2.11. The first-order valence-corrected chi connectivity index (χ1v) is 8.41. The molecule has 2 aromatic carbocycles. The van der Waals surface area contributed by atoms with E-state index in [0.717, 1.165) is 15.2 Å². The number of hydrogen-bond acceptors (Lipinski definition) is 3. The summed E-state index contributed by atoms with van der Waals surface area (Å²) < 4.78 is 26.0. The molecule has 0 saturated carbocycles. The van der Waals surface area contributed by atoms with Crippen LogP contribution in [0.1, 0.15) is 5.56 Å². The minimum absolute atomic E-state index is 0.212. The normalized spacial score (nSPS) is 11.5. The van der Waals surface area contributed by atoms with E-state index in [1.165, 1.54) is 12.4 Å². The first-order chi connectivity index (χ1) is 10.5. The number of rotatable bonds is 3. The van der Waals surface area contributed by atoms with Crippen LogP contribution in [0.5, 0.6) is 0 Å². The van der Waals surface area contributed by atoms with E-state index in [4.69, 9.17) is 11.6 Å². The molecule has 0 atom stereocenters. The lowest BCUT2D eigenvalue weighted by Gasteiger charge is -2.04. The number of benzene rings is 2. The fourth-order valence-corrected chi connectivity index (χ4v) is 3.29.